The highest BCUT2D eigenvalue weighted by molar-refractivity contribution is 6.01. The first-order valence-electron chi connectivity index (χ1n) is 7.68. The molecule has 0 radical (unpaired) electrons. The summed E-state index contributed by atoms with van der Waals surface area (Å²) in [5.74, 6) is -1.12. The molecule has 0 aliphatic carbocycles. The van der Waals surface area contributed by atoms with Crippen LogP contribution in [0.25, 0.3) is 0 Å². The second-order valence-corrected chi connectivity index (χ2v) is 5.45. The van der Waals surface area contributed by atoms with Crippen LogP contribution in [0.5, 0.6) is 5.75 Å². The van der Waals surface area contributed by atoms with Gasteiger partial charge in [-0.25, -0.2) is 4.39 Å². The summed E-state index contributed by atoms with van der Waals surface area (Å²) >= 11 is 0. The number of halogens is 1. The second-order valence-electron chi connectivity index (χ2n) is 5.45. The summed E-state index contributed by atoms with van der Waals surface area (Å²) in [5.41, 5.74) is 0.807. The van der Waals surface area contributed by atoms with E-state index in [9.17, 15) is 14.0 Å². The molecule has 1 heterocycles. The molecule has 0 bridgehead atoms. The molecular weight excluding hydrogens is 311 g/mol. The minimum atomic E-state index is -0.582. The van der Waals surface area contributed by atoms with E-state index in [0.29, 0.717) is 13.0 Å². The third kappa shape index (κ3) is 3.53. The fourth-order valence-corrected chi connectivity index (χ4v) is 2.62. The van der Waals surface area contributed by atoms with Crippen molar-refractivity contribution in [1.82, 2.24) is 5.32 Å². The number of ether oxygens (including phenoxy) is 1. The predicted octanol–water partition coefficient (Wildman–Crippen LogP) is 2.13. The summed E-state index contributed by atoms with van der Waals surface area (Å²) in [6.45, 7) is 0.206. The monoisotopic (exact) mass is 328 g/mol. The van der Waals surface area contributed by atoms with E-state index in [4.69, 9.17) is 4.74 Å². The maximum absolute atomic E-state index is 13.4. The van der Waals surface area contributed by atoms with Crippen molar-refractivity contribution in [2.24, 2.45) is 0 Å². The Balaban J connectivity index is 1.54. The number of para-hydroxylation sites is 2. The van der Waals surface area contributed by atoms with Crippen LogP contribution in [0.1, 0.15) is 6.42 Å². The number of rotatable bonds is 5. The highest BCUT2D eigenvalue weighted by atomic mass is 19.1. The molecule has 0 saturated carbocycles. The Morgan fingerprint density at radius 2 is 1.88 bits per heavy atom. The van der Waals surface area contributed by atoms with Gasteiger partial charge in [-0.1, -0.05) is 30.3 Å². The van der Waals surface area contributed by atoms with Crippen LogP contribution in [0, 0.1) is 5.82 Å². The quantitative estimate of drug-likeness (QED) is 0.915. The van der Waals surface area contributed by atoms with E-state index in [-0.39, 0.29) is 18.3 Å². The van der Waals surface area contributed by atoms with Gasteiger partial charge >= 0.3 is 0 Å². The van der Waals surface area contributed by atoms with Gasteiger partial charge in [-0.3, -0.25) is 9.59 Å². The molecule has 2 aromatic rings. The number of carbonyl (C=O) groups excluding carboxylic acids is 2. The Morgan fingerprint density at radius 1 is 1.17 bits per heavy atom. The topological polar surface area (TPSA) is 58.6 Å². The molecule has 1 unspecified atom stereocenters. The minimum Gasteiger partial charge on any atom is -0.481 e. The van der Waals surface area contributed by atoms with E-state index in [2.05, 4.69) is 5.32 Å². The average molecular weight is 328 g/mol. The summed E-state index contributed by atoms with van der Waals surface area (Å²) in [7, 11) is 0. The Labute approximate surface area is 139 Å². The maximum atomic E-state index is 13.4. The number of hydrogen-bond donors (Lipinski definition) is 1. The van der Waals surface area contributed by atoms with Crippen LogP contribution in [0.15, 0.2) is 54.6 Å². The fourth-order valence-electron chi connectivity index (χ4n) is 2.62. The molecule has 2 aromatic carbocycles. The smallest absolute Gasteiger partial charge is 0.258 e. The van der Waals surface area contributed by atoms with E-state index in [0.717, 1.165) is 5.69 Å². The molecule has 3 rings (SSSR count). The zero-order valence-corrected chi connectivity index (χ0v) is 12.9. The number of nitrogens with one attached hydrogen (secondary N) is 1. The summed E-state index contributed by atoms with van der Waals surface area (Å²) in [6.07, 6.45) is 0.527. The molecule has 1 atom stereocenters. The van der Waals surface area contributed by atoms with Gasteiger partial charge in [0, 0.05) is 12.2 Å². The second kappa shape index (κ2) is 7.12. The maximum Gasteiger partial charge on any atom is 0.258 e. The molecule has 0 aromatic heterocycles. The summed E-state index contributed by atoms with van der Waals surface area (Å²) in [4.78, 5) is 26.0. The minimum absolute atomic E-state index is 0.0105. The molecule has 1 fully saturated rings. The van der Waals surface area contributed by atoms with E-state index in [1.54, 1.807) is 11.0 Å². The van der Waals surface area contributed by atoms with Crippen molar-refractivity contribution in [2.75, 3.05) is 18.1 Å². The van der Waals surface area contributed by atoms with Crippen molar-refractivity contribution in [3.8, 4) is 5.75 Å². The van der Waals surface area contributed by atoms with Gasteiger partial charge in [-0.15, -0.1) is 0 Å². The van der Waals surface area contributed by atoms with Crippen molar-refractivity contribution in [2.45, 2.75) is 12.5 Å². The summed E-state index contributed by atoms with van der Waals surface area (Å²) in [5, 5.41) is 2.64. The van der Waals surface area contributed by atoms with Crippen LogP contribution >= 0.6 is 0 Å². The third-order valence-corrected chi connectivity index (χ3v) is 3.80. The average Bonchev–Trinajstić information content (AvgIpc) is 2.96. The van der Waals surface area contributed by atoms with Gasteiger partial charge in [-0.2, -0.15) is 0 Å². The van der Waals surface area contributed by atoms with Crippen LogP contribution in [0.2, 0.25) is 0 Å². The Bertz CT molecular complexity index is 736. The van der Waals surface area contributed by atoms with Crippen LogP contribution < -0.4 is 15.0 Å². The largest absolute Gasteiger partial charge is 0.481 e. The number of anilines is 1. The molecule has 24 heavy (non-hydrogen) atoms. The van der Waals surface area contributed by atoms with Gasteiger partial charge < -0.3 is 15.0 Å². The molecular formula is C18H17FN2O3. The standard InChI is InChI=1S/C18H17FN2O3/c19-14-8-4-5-9-16(14)24-12-17(22)20-15-10-11-21(18(15)23)13-6-2-1-3-7-13/h1-9,15H,10-12H2,(H,20,22). The lowest BCUT2D eigenvalue weighted by Gasteiger charge is -2.17. The normalized spacial score (nSPS) is 17.0. The highest BCUT2D eigenvalue weighted by Gasteiger charge is 2.33. The highest BCUT2D eigenvalue weighted by Crippen LogP contribution is 2.21. The molecule has 2 amide bonds. The lowest BCUT2D eigenvalue weighted by atomic mass is 10.2. The predicted molar refractivity (Wildman–Crippen MR) is 87.2 cm³/mol. The zero-order valence-electron chi connectivity index (χ0n) is 12.9. The van der Waals surface area contributed by atoms with Gasteiger partial charge in [0.1, 0.15) is 6.04 Å². The lowest BCUT2D eigenvalue weighted by Crippen LogP contribution is -2.43. The van der Waals surface area contributed by atoms with Crippen LogP contribution in [-0.2, 0) is 9.59 Å². The molecule has 1 aliphatic rings. The van der Waals surface area contributed by atoms with Crippen molar-refractivity contribution < 1.29 is 18.7 Å². The zero-order chi connectivity index (χ0) is 16.9. The lowest BCUT2D eigenvalue weighted by molar-refractivity contribution is -0.127. The SMILES string of the molecule is O=C(COc1ccccc1F)NC1CCN(c2ccccc2)C1=O. The Hall–Kier alpha value is -2.89. The third-order valence-electron chi connectivity index (χ3n) is 3.80. The Morgan fingerprint density at radius 3 is 2.62 bits per heavy atom. The number of carbonyl (C=O) groups is 2. The van der Waals surface area contributed by atoms with E-state index in [1.807, 2.05) is 30.3 Å². The van der Waals surface area contributed by atoms with E-state index >= 15 is 0 Å². The molecule has 124 valence electrons. The van der Waals surface area contributed by atoms with Crippen molar-refractivity contribution in [3.05, 3.63) is 60.4 Å². The van der Waals surface area contributed by atoms with Crippen LogP contribution in [0.3, 0.4) is 0 Å². The number of hydrogen-bond acceptors (Lipinski definition) is 3. The van der Waals surface area contributed by atoms with Crippen LogP contribution in [0.4, 0.5) is 10.1 Å². The molecule has 0 spiro atoms. The van der Waals surface area contributed by atoms with Crippen molar-refractivity contribution >= 4 is 17.5 Å². The van der Waals surface area contributed by atoms with E-state index < -0.39 is 17.8 Å². The van der Waals surface area contributed by atoms with Crippen molar-refractivity contribution in [1.29, 1.82) is 0 Å². The van der Waals surface area contributed by atoms with Gasteiger partial charge in [0.15, 0.2) is 18.2 Å². The van der Waals surface area contributed by atoms with Crippen molar-refractivity contribution in [3.63, 3.8) is 0 Å². The molecule has 5 nitrogen and oxygen atoms in total. The first-order chi connectivity index (χ1) is 11.6. The summed E-state index contributed by atoms with van der Waals surface area (Å²) in [6, 6.07) is 14.6. The summed E-state index contributed by atoms with van der Waals surface area (Å²) < 4.78 is 18.6. The first kappa shape index (κ1) is 16.0. The van der Waals surface area contributed by atoms with Gasteiger partial charge in [0.05, 0.1) is 0 Å². The van der Waals surface area contributed by atoms with Gasteiger partial charge in [0.2, 0.25) is 5.91 Å². The fraction of sp³-hybridized carbons (Fsp3) is 0.222. The molecule has 6 heteroatoms. The molecule has 1 saturated heterocycles. The van der Waals surface area contributed by atoms with Crippen LogP contribution in [-0.4, -0.2) is 31.0 Å². The number of nitrogens with zero attached hydrogens (tertiary/aromatic N) is 1. The van der Waals surface area contributed by atoms with E-state index in [1.165, 1.54) is 18.2 Å². The van der Waals surface area contributed by atoms with Gasteiger partial charge in [0.25, 0.3) is 5.91 Å². The number of amides is 2. The molecule has 1 aliphatic heterocycles. The molecule has 1 N–H and O–H groups in total. The Kier molecular flexibility index (Phi) is 4.74. The first-order valence-corrected chi connectivity index (χ1v) is 7.68. The van der Waals surface area contributed by atoms with Gasteiger partial charge in [-0.05, 0) is 30.7 Å². The number of benzene rings is 2.